The van der Waals surface area contributed by atoms with Crippen LogP contribution >= 0.6 is 0 Å². The monoisotopic (exact) mass is 334 g/mol. The molecule has 1 aliphatic heterocycles. The van der Waals surface area contributed by atoms with Gasteiger partial charge in [0.25, 0.3) is 11.8 Å². The molecule has 0 bridgehead atoms. The van der Waals surface area contributed by atoms with E-state index in [0.29, 0.717) is 0 Å². The molecular weight excluding hydrogens is 316 g/mol. The number of carbonyl (C=O) groups is 4. The zero-order chi connectivity index (χ0) is 18.1. The maximum Gasteiger partial charge on any atom is 0.331 e. The predicted octanol–water partition coefficient (Wildman–Crippen LogP) is 0.197. The minimum atomic E-state index is -1.65. The Kier molecular flexibility index (Phi) is 4.70. The van der Waals surface area contributed by atoms with Gasteiger partial charge in [-0.3, -0.25) is 19.3 Å². The van der Waals surface area contributed by atoms with Crippen molar-refractivity contribution in [1.82, 2.24) is 10.2 Å². The zero-order valence-electron chi connectivity index (χ0n) is 13.6. The predicted molar refractivity (Wildman–Crippen MR) is 82.6 cm³/mol. The molecule has 2 rings (SSSR count). The number of aliphatic carboxylic acids is 1. The molecule has 0 spiro atoms. The lowest BCUT2D eigenvalue weighted by molar-refractivity contribution is -0.149. The van der Waals surface area contributed by atoms with Gasteiger partial charge in [-0.05, 0) is 26.0 Å². The maximum atomic E-state index is 12.3. The van der Waals surface area contributed by atoms with Gasteiger partial charge in [-0.2, -0.15) is 0 Å². The standard InChI is InChI=1S/C16H18N2O6/c1-9-4-5-10-11(6-9)14(21)18(13(10)20)7-12(19)17-16(2,8-24-3)15(22)23/h4-6H,7-8H2,1-3H3,(H,17,19)(H,22,23). The number of carboxylic acid groups (broad SMARTS) is 1. The lowest BCUT2D eigenvalue weighted by Crippen LogP contribution is -2.57. The molecule has 0 aromatic heterocycles. The van der Waals surface area contributed by atoms with Gasteiger partial charge in [0.1, 0.15) is 6.54 Å². The normalized spacial score (nSPS) is 15.9. The number of methoxy groups -OCH3 is 1. The van der Waals surface area contributed by atoms with E-state index in [1.165, 1.54) is 20.1 Å². The van der Waals surface area contributed by atoms with Crippen LogP contribution in [0, 0.1) is 6.92 Å². The van der Waals surface area contributed by atoms with Crippen LogP contribution in [0.15, 0.2) is 18.2 Å². The fourth-order valence-corrected chi connectivity index (χ4v) is 2.48. The van der Waals surface area contributed by atoms with Gasteiger partial charge in [-0.1, -0.05) is 11.6 Å². The lowest BCUT2D eigenvalue weighted by atomic mass is 10.0. The SMILES string of the molecule is COCC(C)(NC(=O)CN1C(=O)c2ccc(C)cc2C1=O)C(=O)O. The van der Waals surface area contributed by atoms with Crippen molar-refractivity contribution in [3.8, 4) is 0 Å². The van der Waals surface area contributed by atoms with E-state index in [4.69, 9.17) is 4.74 Å². The molecule has 128 valence electrons. The lowest BCUT2D eigenvalue weighted by Gasteiger charge is -2.26. The first-order chi connectivity index (χ1) is 11.2. The van der Waals surface area contributed by atoms with E-state index in [9.17, 15) is 24.3 Å². The Morgan fingerprint density at radius 2 is 1.88 bits per heavy atom. The summed E-state index contributed by atoms with van der Waals surface area (Å²) in [5.74, 6) is -3.19. The zero-order valence-corrected chi connectivity index (χ0v) is 13.6. The van der Waals surface area contributed by atoms with E-state index in [1.807, 2.05) is 0 Å². The molecule has 0 saturated heterocycles. The highest BCUT2D eigenvalue weighted by Crippen LogP contribution is 2.23. The smallest absolute Gasteiger partial charge is 0.331 e. The van der Waals surface area contributed by atoms with Crippen LogP contribution in [0.3, 0.4) is 0 Å². The molecule has 24 heavy (non-hydrogen) atoms. The first-order valence-electron chi connectivity index (χ1n) is 7.20. The van der Waals surface area contributed by atoms with Crippen molar-refractivity contribution in [3.63, 3.8) is 0 Å². The molecule has 1 aliphatic rings. The number of imide groups is 1. The van der Waals surface area contributed by atoms with Crippen molar-refractivity contribution >= 4 is 23.7 Å². The van der Waals surface area contributed by atoms with E-state index in [2.05, 4.69) is 5.32 Å². The second-order valence-electron chi connectivity index (χ2n) is 5.86. The second kappa shape index (κ2) is 6.40. The average molecular weight is 334 g/mol. The van der Waals surface area contributed by atoms with Crippen molar-refractivity contribution in [3.05, 3.63) is 34.9 Å². The number of fused-ring (bicyclic) bond motifs is 1. The van der Waals surface area contributed by atoms with Crippen LogP contribution < -0.4 is 5.32 Å². The summed E-state index contributed by atoms with van der Waals surface area (Å²) in [5, 5.41) is 11.5. The molecule has 1 heterocycles. The van der Waals surface area contributed by atoms with Crippen molar-refractivity contribution in [2.24, 2.45) is 0 Å². The molecule has 1 aromatic rings. The number of carboxylic acids is 1. The molecule has 0 aliphatic carbocycles. The van der Waals surface area contributed by atoms with Gasteiger partial charge in [0.15, 0.2) is 5.54 Å². The summed E-state index contributed by atoms with van der Waals surface area (Å²) in [5.41, 5.74) is -0.358. The average Bonchev–Trinajstić information content (AvgIpc) is 2.72. The third kappa shape index (κ3) is 3.13. The highest BCUT2D eigenvalue weighted by Gasteiger charge is 2.39. The molecular formula is C16H18N2O6. The first kappa shape index (κ1) is 17.6. The topological polar surface area (TPSA) is 113 Å². The van der Waals surface area contributed by atoms with Crippen molar-refractivity contribution in [1.29, 1.82) is 0 Å². The van der Waals surface area contributed by atoms with Crippen LogP contribution in [0.1, 0.15) is 33.2 Å². The van der Waals surface area contributed by atoms with E-state index in [0.717, 1.165) is 10.5 Å². The number of carbonyl (C=O) groups excluding carboxylic acids is 3. The van der Waals surface area contributed by atoms with Crippen LogP contribution in [-0.4, -0.2) is 59.5 Å². The number of hydrogen-bond donors (Lipinski definition) is 2. The highest BCUT2D eigenvalue weighted by atomic mass is 16.5. The van der Waals surface area contributed by atoms with Crippen LogP contribution in [-0.2, 0) is 14.3 Å². The van der Waals surface area contributed by atoms with E-state index in [-0.39, 0.29) is 17.7 Å². The summed E-state index contributed by atoms with van der Waals surface area (Å²) in [6.45, 7) is 2.26. The molecule has 0 saturated carbocycles. The Bertz CT molecular complexity index is 729. The Morgan fingerprint density at radius 1 is 1.25 bits per heavy atom. The highest BCUT2D eigenvalue weighted by molar-refractivity contribution is 6.22. The third-order valence-electron chi connectivity index (χ3n) is 3.75. The van der Waals surface area contributed by atoms with Gasteiger partial charge in [-0.15, -0.1) is 0 Å². The van der Waals surface area contributed by atoms with Gasteiger partial charge in [0.05, 0.1) is 17.7 Å². The maximum absolute atomic E-state index is 12.3. The largest absolute Gasteiger partial charge is 0.479 e. The molecule has 2 N–H and O–H groups in total. The van der Waals surface area contributed by atoms with Gasteiger partial charge >= 0.3 is 5.97 Å². The van der Waals surface area contributed by atoms with Crippen LogP contribution in [0.2, 0.25) is 0 Å². The van der Waals surface area contributed by atoms with Gasteiger partial charge < -0.3 is 15.2 Å². The number of nitrogens with one attached hydrogen (secondary N) is 1. The third-order valence-corrected chi connectivity index (χ3v) is 3.75. The van der Waals surface area contributed by atoms with Crippen LogP contribution in [0.4, 0.5) is 0 Å². The number of ether oxygens (including phenoxy) is 1. The summed E-state index contributed by atoms with van der Waals surface area (Å²) in [7, 11) is 1.31. The molecule has 8 nitrogen and oxygen atoms in total. The summed E-state index contributed by atoms with van der Waals surface area (Å²) >= 11 is 0. The number of aryl methyl sites for hydroxylation is 1. The second-order valence-corrected chi connectivity index (χ2v) is 5.86. The van der Waals surface area contributed by atoms with Crippen molar-refractivity contribution in [2.45, 2.75) is 19.4 Å². The van der Waals surface area contributed by atoms with E-state index >= 15 is 0 Å². The molecule has 0 fully saturated rings. The Morgan fingerprint density at radius 3 is 2.46 bits per heavy atom. The van der Waals surface area contributed by atoms with Crippen molar-refractivity contribution in [2.75, 3.05) is 20.3 Å². The number of nitrogens with zero attached hydrogens (tertiary/aromatic N) is 1. The Labute approximate surface area is 138 Å². The summed E-state index contributed by atoms with van der Waals surface area (Å²) in [4.78, 5) is 48.8. The van der Waals surface area contributed by atoms with Gasteiger partial charge in [-0.25, -0.2) is 4.79 Å². The molecule has 1 aromatic carbocycles. The minimum absolute atomic E-state index is 0.233. The Balaban J connectivity index is 2.15. The number of benzene rings is 1. The summed E-state index contributed by atoms with van der Waals surface area (Å²) in [6.07, 6.45) is 0. The fraction of sp³-hybridized carbons (Fsp3) is 0.375. The molecule has 8 heteroatoms. The van der Waals surface area contributed by atoms with Crippen LogP contribution in [0.5, 0.6) is 0 Å². The summed E-state index contributed by atoms with van der Waals surface area (Å²) in [6, 6.07) is 4.82. The number of rotatable bonds is 6. The van der Waals surface area contributed by atoms with Crippen molar-refractivity contribution < 1.29 is 29.0 Å². The molecule has 1 unspecified atom stereocenters. The number of hydrogen-bond acceptors (Lipinski definition) is 5. The van der Waals surface area contributed by atoms with Gasteiger partial charge in [0, 0.05) is 7.11 Å². The molecule has 3 amide bonds. The minimum Gasteiger partial charge on any atom is -0.479 e. The van der Waals surface area contributed by atoms with E-state index in [1.54, 1.807) is 19.1 Å². The quantitative estimate of drug-likeness (QED) is 0.719. The summed E-state index contributed by atoms with van der Waals surface area (Å²) < 4.78 is 4.80. The Hall–Kier alpha value is -2.74. The first-order valence-corrected chi connectivity index (χ1v) is 7.20. The molecule has 1 atom stereocenters. The fourth-order valence-electron chi connectivity index (χ4n) is 2.48. The molecule has 0 radical (unpaired) electrons. The van der Waals surface area contributed by atoms with Gasteiger partial charge in [0.2, 0.25) is 5.91 Å². The van der Waals surface area contributed by atoms with Crippen LogP contribution in [0.25, 0.3) is 0 Å². The van der Waals surface area contributed by atoms with E-state index < -0.39 is 35.8 Å². The number of amides is 3.